The van der Waals surface area contributed by atoms with Crippen LogP contribution in [0.2, 0.25) is 0 Å². The molecule has 29 heavy (non-hydrogen) atoms. The number of hydrogen-bond acceptors (Lipinski definition) is 3. The maximum Gasteiger partial charge on any atom is 0.389 e. The highest BCUT2D eigenvalue weighted by Crippen LogP contribution is 2.38. The summed E-state index contributed by atoms with van der Waals surface area (Å²) < 4.78 is 37.2. The number of piperidine rings is 1. The van der Waals surface area contributed by atoms with Gasteiger partial charge >= 0.3 is 12.2 Å². The number of rotatable bonds is 5. The van der Waals surface area contributed by atoms with Gasteiger partial charge in [-0.25, -0.2) is 4.79 Å². The number of urea groups is 1. The van der Waals surface area contributed by atoms with Gasteiger partial charge in [0.25, 0.3) is 5.91 Å². The standard InChI is InChI=1S/C20H24F3N3O3/c1-2-25-17(28)19(26(18(25)29)14-15-6-4-3-5-7-15)10-12-24(13-11-19)16(27)8-9-20(21,22)23/h3-7H,2,8-14H2,1H3. The first-order chi connectivity index (χ1) is 13.7. The summed E-state index contributed by atoms with van der Waals surface area (Å²) in [6.07, 6.45) is -5.70. The average molecular weight is 411 g/mol. The van der Waals surface area contributed by atoms with Gasteiger partial charge in [0.15, 0.2) is 0 Å². The van der Waals surface area contributed by atoms with Crippen molar-refractivity contribution in [3.05, 3.63) is 35.9 Å². The molecule has 158 valence electrons. The van der Waals surface area contributed by atoms with Gasteiger partial charge < -0.3 is 9.80 Å². The molecule has 1 aromatic carbocycles. The second-order valence-electron chi connectivity index (χ2n) is 7.43. The summed E-state index contributed by atoms with van der Waals surface area (Å²) in [5.74, 6) is -0.862. The molecule has 4 amide bonds. The molecule has 0 unspecified atom stereocenters. The van der Waals surface area contributed by atoms with E-state index in [1.165, 1.54) is 9.80 Å². The Kier molecular flexibility index (Phi) is 5.86. The van der Waals surface area contributed by atoms with Gasteiger partial charge in [0.05, 0.1) is 6.42 Å². The largest absolute Gasteiger partial charge is 0.389 e. The predicted octanol–water partition coefficient (Wildman–Crippen LogP) is 3.17. The van der Waals surface area contributed by atoms with Crippen molar-refractivity contribution in [2.45, 2.75) is 50.9 Å². The van der Waals surface area contributed by atoms with Crippen molar-refractivity contribution in [2.24, 2.45) is 0 Å². The van der Waals surface area contributed by atoms with Crippen LogP contribution < -0.4 is 0 Å². The summed E-state index contributed by atoms with van der Waals surface area (Å²) in [7, 11) is 0. The van der Waals surface area contributed by atoms with Crippen molar-refractivity contribution in [2.75, 3.05) is 19.6 Å². The van der Waals surface area contributed by atoms with E-state index in [9.17, 15) is 27.6 Å². The lowest BCUT2D eigenvalue weighted by Crippen LogP contribution is -2.57. The molecule has 2 aliphatic heterocycles. The zero-order chi connectivity index (χ0) is 21.2. The maximum atomic E-state index is 13.1. The monoisotopic (exact) mass is 411 g/mol. The lowest BCUT2D eigenvalue weighted by atomic mass is 9.85. The van der Waals surface area contributed by atoms with Gasteiger partial charge in [0.2, 0.25) is 5.91 Å². The number of benzene rings is 1. The van der Waals surface area contributed by atoms with E-state index in [-0.39, 0.29) is 51.0 Å². The van der Waals surface area contributed by atoms with Crippen molar-refractivity contribution in [3.8, 4) is 0 Å². The van der Waals surface area contributed by atoms with Crippen molar-refractivity contribution < 1.29 is 27.6 Å². The Morgan fingerprint density at radius 3 is 2.28 bits per heavy atom. The highest BCUT2D eigenvalue weighted by Gasteiger charge is 2.57. The first-order valence-corrected chi connectivity index (χ1v) is 9.70. The second-order valence-corrected chi connectivity index (χ2v) is 7.43. The van der Waals surface area contributed by atoms with Gasteiger partial charge in [-0.2, -0.15) is 13.2 Å². The van der Waals surface area contributed by atoms with Crippen LogP contribution in [0.1, 0.15) is 38.2 Å². The Morgan fingerprint density at radius 2 is 1.72 bits per heavy atom. The minimum atomic E-state index is -4.38. The van der Waals surface area contributed by atoms with Crippen molar-refractivity contribution in [3.63, 3.8) is 0 Å². The third-order valence-electron chi connectivity index (χ3n) is 5.69. The van der Waals surface area contributed by atoms with Crippen LogP contribution in [0.15, 0.2) is 30.3 Å². The normalized spacial score (nSPS) is 19.4. The van der Waals surface area contributed by atoms with Crippen LogP contribution >= 0.6 is 0 Å². The Balaban J connectivity index is 1.75. The van der Waals surface area contributed by atoms with Gasteiger partial charge in [-0.3, -0.25) is 14.5 Å². The fourth-order valence-electron chi connectivity index (χ4n) is 4.06. The molecule has 9 heteroatoms. The highest BCUT2D eigenvalue weighted by molar-refractivity contribution is 6.07. The lowest BCUT2D eigenvalue weighted by molar-refractivity contribution is -0.151. The number of hydrogen-bond donors (Lipinski definition) is 0. The van der Waals surface area contributed by atoms with E-state index in [1.54, 1.807) is 11.8 Å². The van der Waals surface area contributed by atoms with E-state index >= 15 is 0 Å². The van der Waals surface area contributed by atoms with Gasteiger partial charge in [0.1, 0.15) is 5.54 Å². The van der Waals surface area contributed by atoms with Crippen LogP contribution in [-0.4, -0.2) is 63.9 Å². The summed E-state index contributed by atoms with van der Waals surface area (Å²) in [4.78, 5) is 42.2. The van der Waals surface area contributed by atoms with Crippen LogP contribution in [0, 0.1) is 0 Å². The van der Waals surface area contributed by atoms with Crippen LogP contribution in [0.5, 0.6) is 0 Å². The Morgan fingerprint density at radius 1 is 1.10 bits per heavy atom. The van der Waals surface area contributed by atoms with Crippen LogP contribution in [-0.2, 0) is 16.1 Å². The number of amides is 4. The van der Waals surface area contributed by atoms with E-state index in [2.05, 4.69) is 0 Å². The number of imide groups is 1. The number of alkyl halides is 3. The second kappa shape index (κ2) is 8.04. The molecular weight excluding hydrogens is 387 g/mol. The van der Waals surface area contributed by atoms with E-state index in [4.69, 9.17) is 0 Å². The number of carbonyl (C=O) groups excluding carboxylic acids is 3. The van der Waals surface area contributed by atoms with Crippen molar-refractivity contribution in [1.82, 2.24) is 14.7 Å². The summed E-state index contributed by atoms with van der Waals surface area (Å²) in [6, 6.07) is 8.94. The van der Waals surface area contributed by atoms with Crippen molar-refractivity contribution in [1.29, 1.82) is 0 Å². The van der Waals surface area contributed by atoms with Gasteiger partial charge in [-0.15, -0.1) is 0 Å². The molecule has 2 heterocycles. The Labute approximate surface area is 167 Å². The van der Waals surface area contributed by atoms with E-state index in [0.717, 1.165) is 5.56 Å². The zero-order valence-electron chi connectivity index (χ0n) is 16.2. The van der Waals surface area contributed by atoms with E-state index in [0.29, 0.717) is 0 Å². The molecule has 0 atom stereocenters. The number of carbonyl (C=O) groups is 3. The maximum absolute atomic E-state index is 13.1. The molecule has 3 rings (SSSR count). The lowest BCUT2D eigenvalue weighted by Gasteiger charge is -2.42. The molecule has 0 aromatic heterocycles. The fraction of sp³-hybridized carbons (Fsp3) is 0.550. The summed E-state index contributed by atoms with van der Waals surface area (Å²) in [5.41, 5.74) is -0.168. The minimum absolute atomic E-state index is 0.151. The van der Waals surface area contributed by atoms with Gasteiger partial charge in [-0.05, 0) is 25.3 Å². The van der Waals surface area contributed by atoms with E-state index < -0.39 is 30.5 Å². The fourth-order valence-corrected chi connectivity index (χ4v) is 4.06. The Bertz CT molecular complexity index is 774. The molecular formula is C20H24F3N3O3. The smallest absolute Gasteiger partial charge is 0.342 e. The summed E-state index contributed by atoms with van der Waals surface area (Å²) in [5, 5.41) is 0. The molecule has 1 aromatic rings. The minimum Gasteiger partial charge on any atom is -0.342 e. The number of likely N-dealkylation sites (N-methyl/N-ethyl adjacent to an activating group) is 1. The highest BCUT2D eigenvalue weighted by atomic mass is 19.4. The number of halogens is 3. The van der Waals surface area contributed by atoms with Gasteiger partial charge in [-0.1, -0.05) is 30.3 Å². The molecule has 1 spiro atoms. The third-order valence-corrected chi connectivity index (χ3v) is 5.69. The molecule has 2 fully saturated rings. The molecule has 2 aliphatic rings. The third kappa shape index (κ3) is 4.23. The van der Waals surface area contributed by atoms with E-state index in [1.807, 2.05) is 30.3 Å². The van der Waals surface area contributed by atoms with Crippen LogP contribution in [0.25, 0.3) is 0 Å². The topological polar surface area (TPSA) is 60.9 Å². The molecule has 0 saturated carbocycles. The molecule has 2 saturated heterocycles. The zero-order valence-corrected chi connectivity index (χ0v) is 16.2. The first-order valence-electron chi connectivity index (χ1n) is 9.70. The molecule has 0 bridgehead atoms. The number of likely N-dealkylation sites (tertiary alicyclic amines) is 1. The molecule has 0 radical (unpaired) electrons. The first kappa shape index (κ1) is 21.1. The SMILES string of the molecule is CCN1C(=O)N(Cc2ccccc2)C2(CCN(C(=O)CCC(F)(F)F)CC2)C1=O. The molecule has 0 N–H and O–H groups in total. The quantitative estimate of drug-likeness (QED) is 0.700. The summed E-state index contributed by atoms with van der Waals surface area (Å²) in [6.45, 7) is 2.55. The van der Waals surface area contributed by atoms with Crippen LogP contribution in [0.4, 0.5) is 18.0 Å². The predicted molar refractivity (Wildman–Crippen MR) is 98.6 cm³/mol. The molecule has 6 nitrogen and oxygen atoms in total. The summed E-state index contributed by atoms with van der Waals surface area (Å²) >= 11 is 0. The Hall–Kier alpha value is -2.58. The van der Waals surface area contributed by atoms with Crippen molar-refractivity contribution >= 4 is 17.8 Å². The number of nitrogens with zero attached hydrogens (tertiary/aromatic N) is 3. The van der Waals surface area contributed by atoms with Gasteiger partial charge in [0, 0.05) is 32.6 Å². The average Bonchev–Trinajstić information content (AvgIpc) is 2.88. The van der Waals surface area contributed by atoms with Crippen LogP contribution in [0.3, 0.4) is 0 Å². The molecule has 0 aliphatic carbocycles.